The number of thiazole rings is 1. The minimum Gasteiger partial charge on any atom is -0.497 e. The number of aromatic nitrogens is 1. The van der Waals surface area contributed by atoms with E-state index in [1.807, 2.05) is 48.0 Å². The smallest absolute Gasteiger partial charge is 0.225 e. The molecule has 2 heterocycles. The maximum atomic E-state index is 12.7. The van der Waals surface area contributed by atoms with E-state index >= 15 is 0 Å². The number of anilines is 1. The maximum Gasteiger partial charge on any atom is 0.225 e. The van der Waals surface area contributed by atoms with Crippen molar-refractivity contribution < 1.29 is 14.3 Å². The second kappa shape index (κ2) is 11.6. The van der Waals surface area contributed by atoms with Crippen LogP contribution >= 0.6 is 34.7 Å². The molecule has 0 fully saturated rings. The number of benzene rings is 2. The Labute approximate surface area is 220 Å². The van der Waals surface area contributed by atoms with Crippen LogP contribution in [0, 0.1) is 0 Å². The summed E-state index contributed by atoms with van der Waals surface area (Å²) in [5, 5.41) is 3.53. The second-order valence-corrected chi connectivity index (χ2v) is 11.1. The van der Waals surface area contributed by atoms with Crippen molar-refractivity contribution in [2.75, 3.05) is 25.2 Å². The highest BCUT2D eigenvalue weighted by Gasteiger charge is 2.36. The quantitative estimate of drug-likeness (QED) is 0.273. The monoisotopic (exact) mass is 531 g/mol. The third kappa shape index (κ3) is 6.12. The molecule has 4 rings (SSSR count). The van der Waals surface area contributed by atoms with Gasteiger partial charge in [0.2, 0.25) is 5.91 Å². The molecule has 9 heteroatoms. The van der Waals surface area contributed by atoms with Gasteiger partial charge in [-0.05, 0) is 56.7 Å². The molecule has 0 N–H and O–H groups in total. The molecule has 1 aliphatic rings. The van der Waals surface area contributed by atoms with E-state index < -0.39 is 0 Å². The molecule has 1 unspecified atom stereocenters. The molecule has 1 aromatic heterocycles. The number of thioether (sulfide) groups is 1. The van der Waals surface area contributed by atoms with Crippen LogP contribution in [0.5, 0.6) is 11.5 Å². The zero-order chi connectivity index (χ0) is 24.9. The summed E-state index contributed by atoms with van der Waals surface area (Å²) in [6, 6.07) is 11.8. The van der Waals surface area contributed by atoms with Gasteiger partial charge in [0.25, 0.3) is 0 Å². The zero-order valence-electron chi connectivity index (χ0n) is 20.4. The van der Waals surface area contributed by atoms with E-state index in [1.165, 1.54) is 0 Å². The highest BCUT2D eigenvalue weighted by atomic mass is 35.5. The first-order valence-electron chi connectivity index (χ1n) is 11.6. The summed E-state index contributed by atoms with van der Waals surface area (Å²) in [5.41, 5.74) is 1.76. The summed E-state index contributed by atoms with van der Waals surface area (Å²) in [7, 11) is 1.64. The Hall–Kier alpha value is -2.26. The lowest BCUT2D eigenvalue weighted by molar-refractivity contribution is -0.116. The molecule has 0 aliphatic carbocycles. The number of carbonyl (C=O) groups is 1. The number of nitrogens with zero attached hydrogens (tertiary/aromatic N) is 3. The van der Waals surface area contributed by atoms with E-state index in [4.69, 9.17) is 21.1 Å². The van der Waals surface area contributed by atoms with E-state index in [0.29, 0.717) is 17.7 Å². The number of fused-ring (bicyclic) bond motifs is 1. The van der Waals surface area contributed by atoms with Crippen molar-refractivity contribution in [1.29, 1.82) is 0 Å². The number of methoxy groups -OCH3 is 1. The SMILES string of the molecule is COc1ccc(OCCCN(Cc2nccs2)C(C)C)c(C2Sc3cc(Cl)ccc3N2C(C)=O)c1. The lowest BCUT2D eigenvalue weighted by Gasteiger charge is -2.27. The molecular weight excluding hydrogens is 502 g/mol. The predicted octanol–water partition coefficient (Wildman–Crippen LogP) is 6.64. The average molecular weight is 532 g/mol. The van der Waals surface area contributed by atoms with E-state index in [1.54, 1.807) is 42.0 Å². The number of amides is 1. The van der Waals surface area contributed by atoms with E-state index in [2.05, 4.69) is 23.7 Å². The van der Waals surface area contributed by atoms with Gasteiger partial charge in [0.1, 0.15) is 21.9 Å². The third-order valence-electron chi connectivity index (χ3n) is 5.88. The summed E-state index contributed by atoms with van der Waals surface area (Å²) >= 11 is 9.51. The molecule has 0 spiro atoms. The average Bonchev–Trinajstić information content (AvgIpc) is 3.48. The molecule has 0 saturated carbocycles. The summed E-state index contributed by atoms with van der Waals surface area (Å²) in [6.45, 7) is 8.31. The molecular formula is C26H30ClN3O3S2. The van der Waals surface area contributed by atoms with Crippen molar-refractivity contribution in [1.82, 2.24) is 9.88 Å². The lowest BCUT2D eigenvalue weighted by atomic mass is 10.1. The van der Waals surface area contributed by atoms with E-state index in [9.17, 15) is 4.79 Å². The van der Waals surface area contributed by atoms with Gasteiger partial charge in [-0.2, -0.15) is 0 Å². The molecule has 0 radical (unpaired) electrons. The van der Waals surface area contributed by atoms with Crippen LogP contribution in [0.15, 0.2) is 52.9 Å². The molecule has 1 aliphatic heterocycles. The van der Waals surface area contributed by atoms with Gasteiger partial charge in [-0.3, -0.25) is 14.6 Å². The standard InChI is InChI=1S/C26H30ClN3O3S2/c1-17(2)29(16-25-28-10-13-34-25)11-5-12-33-23-9-7-20(32-4)15-21(23)26-30(18(3)31)22-8-6-19(27)14-24(22)35-26/h6-10,13-15,17,26H,5,11-12,16H2,1-4H3. The predicted molar refractivity (Wildman–Crippen MR) is 144 cm³/mol. The van der Waals surface area contributed by atoms with Crippen LogP contribution in [-0.4, -0.2) is 42.1 Å². The number of carbonyl (C=O) groups excluding carboxylic acids is 1. The molecule has 0 bridgehead atoms. The third-order valence-corrected chi connectivity index (χ3v) is 8.14. The second-order valence-electron chi connectivity index (χ2n) is 8.57. The fraction of sp³-hybridized carbons (Fsp3) is 0.385. The zero-order valence-corrected chi connectivity index (χ0v) is 22.8. The van der Waals surface area contributed by atoms with Crippen molar-refractivity contribution >= 4 is 46.3 Å². The molecule has 0 saturated heterocycles. The molecule has 2 aromatic carbocycles. The van der Waals surface area contributed by atoms with Crippen LogP contribution in [0.1, 0.15) is 43.1 Å². The van der Waals surface area contributed by atoms with Gasteiger partial charge >= 0.3 is 0 Å². The van der Waals surface area contributed by atoms with Gasteiger partial charge in [-0.1, -0.05) is 23.4 Å². The van der Waals surface area contributed by atoms with Crippen LogP contribution in [-0.2, 0) is 11.3 Å². The van der Waals surface area contributed by atoms with Crippen molar-refractivity contribution in [3.05, 3.63) is 63.6 Å². The van der Waals surface area contributed by atoms with Gasteiger partial charge in [0.05, 0.1) is 25.9 Å². The Kier molecular flexibility index (Phi) is 8.59. The van der Waals surface area contributed by atoms with Crippen molar-refractivity contribution in [2.24, 2.45) is 0 Å². The largest absolute Gasteiger partial charge is 0.497 e. The van der Waals surface area contributed by atoms with Crippen LogP contribution in [0.3, 0.4) is 0 Å². The lowest BCUT2D eigenvalue weighted by Crippen LogP contribution is -2.32. The molecule has 1 atom stereocenters. The molecule has 35 heavy (non-hydrogen) atoms. The highest BCUT2D eigenvalue weighted by molar-refractivity contribution is 8.00. The van der Waals surface area contributed by atoms with Crippen LogP contribution in [0.2, 0.25) is 5.02 Å². The Morgan fingerprint density at radius 3 is 2.77 bits per heavy atom. The maximum absolute atomic E-state index is 12.7. The summed E-state index contributed by atoms with van der Waals surface area (Å²) in [5.74, 6) is 1.44. The molecule has 6 nitrogen and oxygen atoms in total. The molecule has 186 valence electrons. The number of hydrogen-bond acceptors (Lipinski definition) is 7. The van der Waals surface area contributed by atoms with Gasteiger partial charge in [0.15, 0.2) is 0 Å². The van der Waals surface area contributed by atoms with Crippen LogP contribution < -0.4 is 14.4 Å². The summed E-state index contributed by atoms with van der Waals surface area (Å²) in [6.07, 6.45) is 2.73. The first-order valence-corrected chi connectivity index (χ1v) is 13.7. The summed E-state index contributed by atoms with van der Waals surface area (Å²) in [4.78, 5) is 22.3. The summed E-state index contributed by atoms with van der Waals surface area (Å²) < 4.78 is 11.8. The normalized spacial score (nSPS) is 15.1. The highest BCUT2D eigenvalue weighted by Crippen LogP contribution is 2.54. The minimum atomic E-state index is -0.261. The van der Waals surface area contributed by atoms with Gasteiger partial charge in [-0.25, -0.2) is 4.98 Å². The molecule has 1 amide bonds. The number of ether oxygens (including phenoxy) is 2. The minimum absolute atomic E-state index is 0.0351. The van der Waals surface area contributed by atoms with Crippen molar-refractivity contribution in [2.45, 2.75) is 50.0 Å². The Morgan fingerprint density at radius 1 is 1.26 bits per heavy atom. The van der Waals surface area contributed by atoms with E-state index in [-0.39, 0.29) is 11.3 Å². The first kappa shape index (κ1) is 25.8. The first-order chi connectivity index (χ1) is 16.9. The Balaban J connectivity index is 1.49. The fourth-order valence-corrected chi connectivity index (χ4v) is 6.35. The number of hydrogen-bond donors (Lipinski definition) is 0. The number of halogens is 1. The van der Waals surface area contributed by atoms with Gasteiger partial charge in [0, 0.05) is 46.6 Å². The topological polar surface area (TPSA) is 54.9 Å². The van der Waals surface area contributed by atoms with E-state index in [0.717, 1.165) is 52.2 Å². The van der Waals surface area contributed by atoms with Crippen molar-refractivity contribution in [3.63, 3.8) is 0 Å². The number of rotatable bonds is 10. The van der Waals surface area contributed by atoms with Crippen molar-refractivity contribution in [3.8, 4) is 11.5 Å². The Morgan fingerprint density at radius 2 is 2.09 bits per heavy atom. The molecule has 3 aromatic rings. The Bertz CT molecular complexity index is 1160. The van der Waals surface area contributed by atoms with Crippen LogP contribution in [0.4, 0.5) is 5.69 Å². The fourth-order valence-electron chi connectivity index (χ4n) is 4.07. The van der Waals surface area contributed by atoms with Crippen LogP contribution in [0.25, 0.3) is 0 Å². The van der Waals surface area contributed by atoms with Gasteiger partial charge < -0.3 is 9.47 Å². The van der Waals surface area contributed by atoms with Gasteiger partial charge in [-0.15, -0.1) is 11.3 Å².